The Balaban J connectivity index is 3.33. The van der Waals surface area contributed by atoms with Crippen LogP contribution in [0, 0.1) is 0 Å². The second-order valence-electron chi connectivity index (χ2n) is 4.00. The monoisotopic (exact) mass is 311 g/mol. The van der Waals surface area contributed by atoms with Crippen molar-refractivity contribution in [1.29, 1.82) is 0 Å². The molecule has 1 aromatic carbocycles. The molecular weight excluding hydrogens is 298 g/mol. The van der Waals surface area contributed by atoms with Gasteiger partial charge in [-0.3, -0.25) is 9.59 Å². The van der Waals surface area contributed by atoms with Crippen molar-refractivity contribution in [1.82, 2.24) is 0 Å². The summed E-state index contributed by atoms with van der Waals surface area (Å²) in [5.74, 6) is -1.36. The lowest BCUT2D eigenvalue weighted by Crippen LogP contribution is -2.18. The first-order valence-corrected chi connectivity index (χ1v) is 6.22. The highest BCUT2D eigenvalue weighted by Gasteiger charge is 2.27. The van der Waals surface area contributed by atoms with Gasteiger partial charge in [-0.15, -0.1) is 0 Å². The van der Waals surface area contributed by atoms with E-state index in [0.717, 1.165) is 0 Å². The first-order valence-electron chi connectivity index (χ1n) is 5.84. The van der Waals surface area contributed by atoms with E-state index in [1.807, 2.05) is 0 Å². The smallest absolute Gasteiger partial charge is 0.337 e. The summed E-state index contributed by atoms with van der Waals surface area (Å²) in [6.45, 7) is 4.76. The molecule has 0 aliphatic heterocycles. The third-order valence-corrected chi connectivity index (χ3v) is 2.79. The van der Waals surface area contributed by atoms with E-state index in [4.69, 9.17) is 16.3 Å². The van der Waals surface area contributed by atoms with Gasteiger partial charge in [0.05, 0.1) is 12.7 Å². The van der Waals surface area contributed by atoms with E-state index >= 15 is 0 Å². The Morgan fingerprint density at radius 1 is 1.43 bits per heavy atom. The molecular formula is C14H14ClNO5. The van der Waals surface area contributed by atoms with Crippen molar-refractivity contribution in [3.63, 3.8) is 0 Å². The van der Waals surface area contributed by atoms with Crippen LogP contribution in [0.4, 0.5) is 5.69 Å². The van der Waals surface area contributed by atoms with Crippen molar-refractivity contribution in [2.24, 2.45) is 0 Å². The van der Waals surface area contributed by atoms with Gasteiger partial charge in [-0.25, -0.2) is 4.79 Å². The fourth-order valence-corrected chi connectivity index (χ4v) is 1.85. The lowest BCUT2D eigenvalue weighted by Gasteiger charge is -2.21. The van der Waals surface area contributed by atoms with Crippen LogP contribution in [0.25, 0.3) is 0 Å². The van der Waals surface area contributed by atoms with Crippen molar-refractivity contribution in [3.8, 4) is 0 Å². The lowest BCUT2D eigenvalue weighted by molar-refractivity contribution is -0.147. The summed E-state index contributed by atoms with van der Waals surface area (Å²) >= 11 is 5.91. The van der Waals surface area contributed by atoms with Gasteiger partial charge in [0.1, 0.15) is 0 Å². The molecule has 1 aromatic rings. The number of ether oxygens (including phenoxy) is 2. The number of nitrogens with one attached hydrogen (secondary N) is 1. The summed E-state index contributed by atoms with van der Waals surface area (Å²) in [6, 6.07) is 4.53. The van der Waals surface area contributed by atoms with Gasteiger partial charge in [0.2, 0.25) is 6.41 Å². The maximum atomic E-state index is 11.6. The van der Waals surface area contributed by atoms with Crippen LogP contribution >= 0.6 is 11.6 Å². The molecule has 0 spiro atoms. The first-order chi connectivity index (χ1) is 9.90. The Kier molecular flexibility index (Phi) is 5.92. The molecule has 0 bridgehead atoms. The van der Waals surface area contributed by atoms with Gasteiger partial charge in [-0.2, -0.15) is 0 Å². The van der Waals surface area contributed by atoms with E-state index in [9.17, 15) is 14.4 Å². The number of methoxy groups -OCH3 is 1. The molecule has 1 unspecified atom stereocenters. The number of esters is 2. The Labute approximate surface area is 126 Å². The number of hydrogen-bond acceptors (Lipinski definition) is 5. The normalized spacial score (nSPS) is 11.2. The number of carbonyl (C=O) groups excluding carboxylic acids is 3. The number of hydrogen-bond donors (Lipinski definition) is 1. The number of rotatable bonds is 6. The number of amides is 1. The highest BCUT2D eigenvalue weighted by molar-refractivity contribution is 6.30. The molecule has 1 atom stereocenters. The van der Waals surface area contributed by atoms with E-state index < -0.39 is 18.0 Å². The highest BCUT2D eigenvalue weighted by atomic mass is 35.5. The summed E-state index contributed by atoms with van der Waals surface area (Å²) < 4.78 is 9.68. The number of benzene rings is 1. The van der Waals surface area contributed by atoms with Gasteiger partial charge in [-0.1, -0.05) is 18.2 Å². The Morgan fingerprint density at radius 2 is 2.10 bits per heavy atom. The third kappa shape index (κ3) is 4.32. The zero-order valence-electron chi connectivity index (χ0n) is 11.5. The van der Waals surface area contributed by atoms with E-state index in [1.54, 1.807) is 6.07 Å². The molecule has 1 rings (SSSR count). The lowest BCUT2D eigenvalue weighted by atomic mass is 10.0. The molecule has 1 amide bonds. The molecule has 0 aromatic heterocycles. The molecule has 0 radical (unpaired) electrons. The third-order valence-electron chi connectivity index (χ3n) is 2.56. The van der Waals surface area contributed by atoms with E-state index in [0.29, 0.717) is 22.7 Å². The largest absolute Gasteiger partial charge is 0.466 e. The van der Waals surface area contributed by atoms with Crippen LogP contribution in [0.1, 0.15) is 18.6 Å². The van der Waals surface area contributed by atoms with Gasteiger partial charge in [0.15, 0.2) is 6.10 Å². The van der Waals surface area contributed by atoms with Crippen LogP contribution in [-0.2, 0) is 23.9 Å². The van der Waals surface area contributed by atoms with Gasteiger partial charge < -0.3 is 14.8 Å². The molecule has 0 saturated heterocycles. The van der Waals surface area contributed by atoms with Gasteiger partial charge in [0, 0.05) is 23.2 Å². The minimum absolute atomic E-state index is 0.0936. The van der Waals surface area contributed by atoms with Crippen molar-refractivity contribution >= 4 is 35.6 Å². The predicted molar refractivity (Wildman–Crippen MR) is 76.8 cm³/mol. The number of anilines is 1. The average molecular weight is 312 g/mol. The molecule has 1 N–H and O–H groups in total. The van der Waals surface area contributed by atoms with E-state index in [2.05, 4.69) is 16.6 Å². The minimum Gasteiger partial charge on any atom is -0.466 e. The summed E-state index contributed by atoms with van der Waals surface area (Å²) in [5, 5.41) is 2.79. The van der Waals surface area contributed by atoms with Crippen molar-refractivity contribution < 1.29 is 23.9 Å². The molecule has 0 aliphatic carbocycles. The Bertz CT molecular complexity index is 585. The second kappa shape index (κ2) is 7.44. The van der Waals surface area contributed by atoms with Crippen LogP contribution in [0.3, 0.4) is 0 Å². The summed E-state index contributed by atoms with van der Waals surface area (Å²) in [4.78, 5) is 33.5. The maximum absolute atomic E-state index is 11.6. The van der Waals surface area contributed by atoms with Crippen molar-refractivity contribution in [2.75, 3.05) is 12.4 Å². The molecule has 0 aliphatic rings. The molecule has 0 saturated carbocycles. The molecule has 0 heterocycles. The fraction of sp³-hybridized carbons (Fsp3) is 0.214. The fourth-order valence-electron chi connectivity index (χ4n) is 1.67. The zero-order chi connectivity index (χ0) is 16.0. The Hall–Kier alpha value is -2.34. The van der Waals surface area contributed by atoms with E-state index in [-0.39, 0.29) is 5.57 Å². The summed E-state index contributed by atoms with van der Waals surface area (Å²) in [5.41, 5.74) is 0.565. The average Bonchev–Trinajstić information content (AvgIpc) is 2.45. The highest BCUT2D eigenvalue weighted by Crippen LogP contribution is 2.33. The maximum Gasteiger partial charge on any atom is 0.337 e. The van der Waals surface area contributed by atoms with Crippen LogP contribution in [0.5, 0.6) is 0 Å². The summed E-state index contributed by atoms with van der Waals surface area (Å²) in [7, 11) is 1.18. The standard InChI is InChI=1S/C14H14ClNO5/c1-8(14(19)20-3)13(21-9(2)18)11-6-10(15)4-5-12(11)16-7-17/h4-7,13H,1H2,2-3H3,(H,16,17). The second-order valence-corrected chi connectivity index (χ2v) is 4.44. The minimum atomic E-state index is -1.11. The topological polar surface area (TPSA) is 81.7 Å². The first kappa shape index (κ1) is 16.7. The van der Waals surface area contributed by atoms with Crippen molar-refractivity contribution in [2.45, 2.75) is 13.0 Å². The Morgan fingerprint density at radius 3 is 2.62 bits per heavy atom. The predicted octanol–water partition coefficient (Wildman–Crippen LogP) is 2.24. The zero-order valence-corrected chi connectivity index (χ0v) is 12.3. The van der Waals surface area contributed by atoms with E-state index in [1.165, 1.54) is 26.2 Å². The molecule has 112 valence electrons. The van der Waals surface area contributed by atoms with Crippen LogP contribution in [-0.4, -0.2) is 25.5 Å². The quantitative estimate of drug-likeness (QED) is 0.495. The van der Waals surface area contributed by atoms with Gasteiger partial charge >= 0.3 is 11.9 Å². The van der Waals surface area contributed by atoms with Crippen LogP contribution < -0.4 is 5.32 Å². The van der Waals surface area contributed by atoms with Crippen LogP contribution in [0.2, 0.25) is 5.02 Å². The molecule has 7 heteroatoms. The van der Waals surface area contributed by atoms with Gasteiger partial charge in [0.25, 0.3) is 0 Å². The molecule has 0 fully saturated rings. The van der Waals surface area contributed by atoms with Crippen molar-refractivity contribution in [3.05, 3.63) is 40.9 Å². The molecule has 21 heavy (non-hydrogen) atoms. The van der Waals surface area contributed by atoms with Gasteiger partial charge in [-0.05, 0) is 18.2 Å². The number of halogens is 1. The van der Waals surface area contributed by atoms with Crippen LogP contribution in [0.15, 0.2) is 30.4 Å². The SMILES string of the molecule is C=C(C(=O)OC)C(OC(C)=O)c1cc(Cl)ccc1NC=O. The number of carbonyl (C=O) groups is 3. The molecule has 6 nitrogen and oxygen atoms in total. The summed E-state index contributed by atoms with van der Waals surface area (Å²) in [6.07, 6.45) is -0.658.